The second-order valence-electron chi connectivity index (χ2n) is 6.13. The molecule has 3 fully saturated rings. The molecule has 3 heterocycles. The number of likely N-dealkylation sites (tertiary alicyclic amines) is 1. The van der Waals surface area contributed by atoms with Crippen molar-refractivity contribution in [3.8, 4) is 6.07 Å². The highest BCUT2D eigenvalue weighted by Gasteiger charge is 2.52. The molecule has 20 heavy (non-hydrogen) atoms. The summed E-state index contributed by atoms with van der Waals surface area (Å²) < 4.78 is 13.5. The minimum Gasteiger partial charge on any atom is -0.465 e. The fourth-order valence-corrected chi connectivity index (χ4v) is 3.78. The van der Waals surface area contributed by atoms with Crippen molar-refractivity contribution in [3.05, 3.63) is 0 Å². The Labute approximate surface area is 117 Å². The van der Waals surface area contributed by atoms with Crippen molar-refractivity contribution in [1.82, 2.24) is 14.7 Å². The minimum atomic E-state index is -0.929. The predicted octanol–water partition coefficient (Wildman–Crippen LogP) is 0.360. The second kappa shape index (κ2) is 4.86. The smallest absolute Gasteiger partial charge is 0.407 e. The Morgan fingerprint density at radius 2 is 2.15 bits per heavy atom. The molecule has 3 saturated heterocycles. The van der Waals surface area contributed by atoms with Crippen molar-refractivity contribution in [2.24, 2.45) is 0 Å². The number of hydrogen-bond acceptors (Lipinski definition) is 4. The number of hydrogen-bond donors (Lipinski definition) is 1. The van der Waals surface area contributed by atoms with Gasteiger partial charge in [-0.3, -0.25) is 9.80 Å². The van der Waals surface area contributed by atoms with Crippen LogP contribution in [0.2, 0.25) is 0 Å². The van der Waals surface area contributed by atoms with Gasteiger partial charge in [-0.1, -0.05) is 0 Å². The van der Waals surface area contributed by atoms with Crippen LogP contribution in [0.15, 0.2) is 0 Å². The number of carboxylic acid groups (broad SMARTS) is 1. The van der Waals surface area contributed by atoms with Crippen LogP contribution in [0.5, 0.6) is 0 Å². The Kier molecular flexibility index (Phi) is 3.30. The van der Waals surface area contributed by atoms with Crippen LogP contribution in [0.4, 0.5) is 9.18 Å². The van der Waals surface area contributed by atoms with E-state index in [9.17, 15) is 9.18 Å². The summed E-state index contributed by atoms with van der Waals surface area (Å²) in [6.07, 6.45) is -0.782. The van der Waals surface area contributed by atoms with Gasteiger partial charge in [0.2, 0.25) is 0 Å². The molecular weight excluding hydrogens is 263 g/mol. The first-order valence-corrected chi connectivity index (χ1v) is 7.02. The summed E-state index contributed by atoms with van der Waals surface area (Å²) in [5, 5.41) is 18.0. The minimum absolute atomic E-state index is 0.216. The van der Waals surface area contributed by atoms with E-state index in [4.69, 9.17) is 10.4 Å². The lowest BCUT2D eigenvalue weighted by Crippen LogP contribution is -2.73. The van der Waals surface area contributed by atoms with Gasteiger partial charge in [-0.25, -0.2) is 9.18 Å². The third-order valence-corrected chi connectivity index (χ3v) is 4.88. The summed E-state index contributed by atoms with van der Waals surface area (Å²) in [5.41, 5.74) is -0.354. The van der Waals surface area contributed by atoms with Crippen LogP contribution in [-0.4, -0.2) is 82.9 Å². The van der Waals surface area contributed by atoms with Gasteiger partial charge in [-0.05, 0) is 6.42 Å². The zero-order valence-electron chi connectivity index (χ0n) is 11.3. The molecular formula is C13H19FN4O2. The quantitative estimate of drug-likeness (QED) is 0.792. The van der Waals surface area contributed by atoms with Gasteiger partial charge in [0.05, 0.1) is 18.0 Å². The average Bonchev–Trinajstić information content (AvgIpc) is 2.71. The second-order valence-corrected chi connectivity index (χ2v) is 6.13. The summed E-state index contributed by atoms with van der Waals surface area (Å²) in [6.45, 7) is 3.65. The number of nitrogens with zero attached hydrogens (tertiary/aromatic N) is 4. The molecule has 0 saturated carbocycles. The molecule has 110 valence electrons. The topological polar surface area (TPSA) is 70.8 Å². The Balaban J connectivity index is 1.68. The monoisotopic (exact) mass is 282 g/mol. The van der Waals surface area contributed by atoms with Crippen molar-refractivity contribution < 1.29 is 14.3 Å². The third-order valence-electron chi connectivity index (χ3n) is 4.88. The number of amides is 1. The van der Waals surface area contributed by atoms with E-state index in [-0.39, 0.29) is 11.6 Å². The van der Waals surface area contributed by atoms with Crippen LogP contribution in [0.1, 0.15) is 12.8 Å². The summed E-state index contributed by atoms with van der Waals surface area (Å²) in [6, 6.07) is 2.40. The van der Waals surface area contributed by atoms with E-state index >= 15 is 0 Å². The molecule has 3 aliphatic rings. The molecule has 0 aromatic carbocycles. The molecule has 0 bridgehead atoms. The van der Waals surface area contributed by atoms with E-state index in [1.807, 2.05) is 0 Å². The zero-order chi connectivity index (χ0) is 14.3. The van der Waals surface area contributed by atoms with Crippen LogP contribution in [0.3, 0.4) is 0 Å². The summed E-state index contributed by atoms with van der Waals surface area (Å²) in [5.74, 6) is 0. The van der Waals surface area contributed by atoms with Gasteiger partial charge in [0.1, 0.15) is 6.17 Å². The van der Waals surface area contributed by atoms with Crippen LogP contribution < -0.4 is 0 Å². The van der Waals surface area contributed by atoms with E-state index in [1.165, 1.54) is 4.90 Å². The summed E-state index contributed by atoms with van der Waals surface area (Å²) >= 11 is 0. The van der Waals surface area contributed by atoms with Gasteiger partial charge in [0, 0.05) is 45.3 Å². The van der Waals surface area contributed by atoms with Crippen molar-refractivity contribution >= 4 is 6.09 Å². The molecule has 3 aliphatic heterocycles. The average molecular weight is 282 g/mol. The van der Waals surface area contributed by atoms with Gasteiger partial charge in [0.15, 0.2) is 0 Å². The standard InChI is InChI=1S/C13H19FN4O2/c14-10-5-11-7-18(4-3-16(11)6-10)13(1-2-15)8-17(9-13)12(19)20/h10-11H,1,3-9H2,(H,19,20)/t10-,11+/m1/s1. The van der Waals surface area contributed by atoms with Gasteiger partial charge in [-0.2, -0.15) is 5.26 Å². The van der Waals surface area contributed by atoms with Crippen LogP contribution in [-0.2, 0) is 0 Å². The molecule has 0 aliphatic carbocycles. The van der Waals surface area contributed by atoms with Crippen LogP contribution in [0, 0.1) is 11.3 Å². The van der Waals surface area contributed by atoms with E-state index in [0.717, 1.165) is 19.6 Å². The van der Waals surface area contributed by atoms with E-state index in [1.54, 1.807) is 0 Å². The Bertz CT molecular complexity index is 446. The van der Waals surface area contributed by atoms with Crippen molar-refractivity contribution in [2.45, 2.75) is 30.6 Å². The summed E-state index contributed by atoms with van der Waals surface area (Å²) in [4.78, 5) is 16.7. The molecule has 1 amide bonds. The van der Waals surface area contributed by atoms with Gasteiger partial charge < -0.3 is 10.0 Å². The highest BCUT2D eigenvalue weighted by atomic mass is 19.1. The predicted molar refractivity (Wildman–Crippen MR) is 69.0 cm³/mol. The highest BCUT2D eigenvalue weighted by molar-refractivity contribution is 5.66. The molecule has 0 spiro atoms. The Hall–Kier alpha value is -1.39. The maximum absolute atomic E-state index is 13.5. The lowest BCUT2D eigenvalue weighted by Gasteiger charge is -2.56. The fourth-order valence-electron chi connectivity index (χ4n) is 3.78. The molecule has 1 N–H and O–H groups in total. The first-order chi connectivity index (χ1) is 9.54. The number of rotatable bonds is 2. The van der Waals surface area contributed by atoms with Crippen molar-refractivity contribution in [1.29, 1.82) is 5.26 Å². The number of alkyl halides is 1. The molecule has 3 rings (SSSR count). The fraction of sp³-hybridized carbons (Fsp3) is 0.846. The van der Waals surface area contributed by atoms with Crippen LogP contribution >= 0.6 is 0 Å². The molecule has 0 aromatic rings. The first kappa shape index (κ1) is 13.6. The number of carbonyl (C=O) groups is 1. The molecule has 2 atom stereocenters. The largest absolute Gasteiger partial charge is 0.465 e. The SMILES string of the molecule is N#CCC1(N2CCN3C[C@H](F)C[C@H]3C2)CN(C(=O)O)C1. The lowest BCUT2D eigenvalue weighted by molar-refractivity contribution is -0.0677. The number of halogens is 1. The molecule has 0 radical (unpaired) electrons. The molecule has 7 heteroatoms. The molecule has 0 unspecified atom stereocenters. The van der Waals surface area contributed by atoms with E-state index in [0.29, 0.717) is 32.5 Å². The van der Waals surface area contributed by atoms with E-state index in [2.05, 4.69) is 15.9 Å². The van der Waals surface area contributed by atoms with Gasteiger partial charge in [-0.15, -0.1) is 0 Å². The first-order valence-electron chi connectivity index (χ1n) is 7.02. The highest BCUT2D eigenvalue weighted by Crippen LogP contribution is 2.35. The Morgan fingerprint density at radius 3 is 2.80 bits per heavy atom. The van der Waals surface area contributed by atoms with Gasteiger partial charge >= 0.3 is 6.09 Å². The lowest BCUT2D eigenvalue weighted by atomic mass is 9.84. The molecule has 0 aromatic heterocycles. The zero-order valence-corrected chi connectivity index (χ0v) is 11.3. The molecule has 6 nitrogen and oxygen atoms in total. The number of piperazine rings is 1. The number of fused-ring (bicyclic) bond motifs is 1. The van der Waals surface area contributed by atoms with Crippen molar-refractivity contribution in [3.63, 3.8) is 0 Å². The summed E-state index contributed by atoms with van der Waals surface area (Å²) in [7, 11) is 0. The normalized spacial score (nSPS) is 33.3. The Morgan fingerprint density at radius 1 is 1.40 bits per heavy atom. The third kappa shape index (κ3) is 2.13. The maximum Gasteiger partial charge on any atom is 0.407 e. The van der Waals surface area contributed by atoms with Crippen LogP contribution in [0.25, 0.3) is 0 Å². The van der Waals surface area contributed by atoms with Crippen molar-refractivity contribution in [2.75, 3.05) is 39.3 Å². The maximum atomic E-state index is 13.5. The van der Waals surface area contributed by atoms with E-state index < -0.39 is 12.3 Å². The van der Waals surface area contributed by atoms with Gasteiger partial charge in [0.25, 0.3) is 0 Å². The number of nitriles is 1.